The van der Waals surface area contributed by atoms with Gasteiger partial charge in [0.15, 0.2) is 0 Å². The average Bonchev–Trinajstić information content (AvgIpc) is 2.69. The van der Waals surface area contributed by atoms with Gasteiger partial charge < -0.3 is 10.1 Å². The van der Waals surface area contributed by atoms with E-state index in [0.29, 0.717) is 19.4 Å². The minimum absolute atomic E-state index is 0.0691. The molecule has 0 radical (unpaired) electrons. The molecule has 0 aliphatic carbocycles. The van der Waals surface area contributed by atoms with Crippen LogP contribution in [0.1, 0.15) is 37.0 Å². The lowest BCUT2D eigenvalue weighted by Gasteiger charge is -2.20. The number of aryl methyl sites for hydroxylation is 1. The average molecular weight is 433 g/mol. The van der Waals surface area contributed by atoms with E-state index in [9.17, 15) is 4.79 Å². The summed E-state index contributed by atoms with van der Waals surface area (Å²) < 4.78 is 6.15. The van der Waals surface area contributed by atoms with Crippen molar-refractivity contribution in [3.05, 3.63) is 63.6 Å². The van der Waals surface area contributed by atoms with Crippen molar-refractivity contribution < 1.29 is 9.53 Å². The number of amides is 1. The van der Waals surface area contributed by atoms with Gasteiger partial charge in [0.2, 0.25) is 5.91 Å². The number of methoxy groups -OCH3 is 1. The van der Waals surface area contributed by atoms with E-state index in [1.807, 2.05) is 24.3 Å². The number of hydrogen-bond acceptors (Lipinski definition) is 3. The van der Waals surface area contributed by atoms with E-state index in [2.05, 4.69) is 58.2 Å². The van der Waals surface area contributed by atoms with Gasteiger partial charge in [-0.25, -0.2) is 0 Å². The molecule has 4 nitrogen and oxygen atoms in total. The highest BCUT2D eigenvalue weighted by Gasteiger charge is 2.09. The molecule has 0 heterocycles. The van der Waals surface area contributed by atoms with Crippen molar-refractivity contribution in [1.29, 1.82) is 0 Å². The number of nitrogens with one attached hydrogen (secondary N) is 1. The second-order valence-electron chi connectivity index (χ2n) is 6.48. The molecule has 0 aliphatic heterocycles. The van der Waals surface area contributed by atoms with Crippen molar-refractivity contribution in [3.63, 3.8) is 0 Å². The van der Waals surface area contributed by atoms with Crippen molar-refractivity contribution in [3.8, 4) is 5.75 Å². The molecule has 2 aromatic rings. The normalized spacial score (nSPS) is 10.9. The molecule has 0 saturated carbocycles. The first-order valence-corrected chi connectivity index (χ1v) is 10.2. The standard InChI is InChI=1S/C22H29BrN2O2/c1-4-25(5-2)16-19-9-7-6-8-18(19)15-24-22(26)13-11-17-10-12-21(27-3)20(23)14-17/h6-10,12,14H,4-5,11,13,15-16H2,1-3H3,(H,24,26). The van der Waals surface area contributed by atoms with Gasteiger partial charge in [0.25, 0.3) is 0 Å². The SMILES string of the molecule is CCN(CC)Cc1ccccc1CNC(=O)CCc1ccc(OC)c(Br)c1. The van der Waals surface area contributed by atoms with Crippen LogP contribution >= 0.6 is 15.9 Å². The molecule has 0 unspecified atom stereocenters. The summed E-state index contributed by atoms with van der Waals surface area (Å²) in [5.41, 5.74) is 3.57. The molecule has 1 N–H and O–H groups in total. The smallest absolute Gasteiger partial charge is 0.220 e. The number of rotatable bonds is 10. The quantitative estimate of drug-likeness (QED) is 0.598. The Morgan fingerprint density at radius 1 is 1.11 bits per heavy atom. The maximum atomic E-state index is 12.3. The van der Waals surface area contributed by atoms with Crippen molar-refractivity contribution in [2.45, 2.75) is 39.8 Å². The topological polar surface area (TPSA) is 41.6 Å². The molecule has 2 aromatic carbocycles. The Morgan fingerprint density at radius 3 is 2.44 bits per heavy atom. The third-order valence-corrected chi connectivity index (χ3v) is 5.36. The summed E-state index contributed by atoms with van der Waals surface area (Å²) in [5, 5.41) is 3.06. The van der Waals surface area contributed by atoms with Crippen LogP contribution in [0.4, 0.5) is 0 Å². The monoisotopic (exact) mass is 432 g/mol. The van der Waals surface area contributed by atoms with Crippen molar-refractivity contribution in [2.24, 2.45) is 0 Å². The molecule has 0 aliphatic rings. The molecule has 146 valence electrons. The summed E-state index contributed by atoms with van der Waals surface area (Å²) in [6, 6.07) is 14.3. The van der Waals surface area contributed by atoms with Gasteiger partial charge in [0, 0.05) is 19.5 Å². The molecular weight excluding hydrogens is 404 g/mol. The van der Waals surface area contributed by atoms with Crippen LogP contribution in [-0.4, -0.2) is 31.0 Å². The molecular formula is C22H29BrN2O2. The van der Waals surface area contributed by atoms with Crippen molar-refractivity contribution in [1.82, 2.24) is 10.2 Å². The first-order valence-electron chi connectivity index (χ1n) is 9.45. The first-order chi connectivity index (χ1) is 13.1. The zero-order chi connectivity index (χ0) is 19.6. The Bertz CT molecular complexity index is 745. The van der Waals surface area contributed by atoms with E-state index in [1.54, 1.807) is 7.11 Å². The first kappa shape index (κ1) is 21.5. The number of carbonyl (C=O) groups is 1. The van der Waals surface area contributed by atoms with Crippen LogP contribution in [0.25, 0.3) is 0 Å². The third-order valence-electron chi connectivity index (χ3n) is 4.74. The van der Waals surface area contributed by atoms with E-state index in [0.717, 1.165) is 35.4 Å². The molecule has 1 amide bonds. The second-order valence-corrected chi connectivity index (χ2v) is 7.33. The number of benzene rings is 2. The van der Waals surface area contributed by atoms with Crippen molar-refractivity contribution >= 4 is 21.8 Å². The molecule has 0 spiro atoms. The number of ether oxygens (including phenoxy) is 1. The summed E-state index contributed by atoms with van der Waals surface area (Å²) in [4.78, 5) is 14.7. The van der Waals surface area contributed by atoms with Crippen LogP contribution < -0.4 is 10.1 Å². The highest BCUT2D eigenvalue weighted by molar-refractivity contribution is 9.10. The van der Waals surface area contributed by atoms with Gasteiger partial charge in [-0.2, -0.15) is 0 Å². The summed E-state index contributed by atoms with van der Waals surface area (Å²) in [7, 11) is 1.64. The van der Waals surface area contributed by atoms with Crippen LogP contribution in [0.15, 0.2) is 46.9 Å². The minimum atomic E-state index is 0.0691. The van der Waals surface area contributed by atoms with Gasteiger partial charge >= 0.3 is 0 Å². The Kier molecular flexibility index (Phi) is 8.82. The van der Waals surface area contributed by atoms with Gasteiger partial charge in [-0.3, -0.25) is 9.69 Å². The summed E-state index contributed by atoms with van der Waals surface area (Å²) in [5.74, 6) is 0.868. The Labute approximate surface area is 171 Å². The lowest BCUT2D eigenvalue weighted by atomic mass is 10.1. The van der Waals surface area contributed by atoms with Crippen LogP contribution in [0.3, 0.4) is 0 Å². The van der Waals surface area contributed by atoms with E-state index < -0.39 is 0 Å². The fourth-order valence-electron chi connectivity index (χ4n) is 2.98. The maximum absolute atomic E-state index is 12.3. The number of carbonyl (C=O) groups excluding carboxylic acids is 1. The molecule has 5 heteroatoms. The van der Waals surface area contributed by atoms with Crippen LogP contribution in [-0.2, 0) is 24.3 Å². The number of nitrogens with zero attached hydrogens (tertiary/aromatic N) is 1. The second kappa shape index (κ2) is 11.1. The lowest BCUT2D eigenvalue weighted by molar-refractivity contribution is -0.121. The molecule has 0 aromatic heterocycles. The van der Waals surface area contributed by atoms with Gasteiger partial charge in [0.1, 0.15) is 5.75 Å². The molecule has 27 heavy (non-hydrogen) atoms. The molecule has 0 atom stereocenters. The van der Waals surface area contributed by atoms with Crippen LogP contribution in [0.5, 0.6) is 5.75 Å². The van der Waals surface area contributed by atoms with Gasteiger partial charge in [-0.15, -0.1) is 0 Å². The van der Waals surface area contributed by atoms with Crippen LogP contribution in [0, 0.1) is 0 Å². The zero-order valence-corrected chi connectivity index (χ0v) is 18.0. The van der Waals surface area contributed by atoms with Gasteiger partial charge in [-0.1, -0.05) is 44.2 Å². The minimum Gasteiger partial charge on any atom is -0.496 e. The summed E-state index contributed by atoms with van der Waals surface area (Å²) in [6.45, 7) is 7.88. The largest absolute Gasteiger partial charge is 0.496 e. The van der Waals surface area contributed by atoms with E-state index >= 15 is 0 Å². The number of halogens is 1. The molecule has 0 saturated heterocycles. The highest BCUT2D eigenvalue weighted by Crippen LogP contribution is 2.26. The predicted molar refractivity (Wildman–Crippen MR) is 114 cm³/mol. The molecule has 0 bridgehead atoms. The van der Waals surface area contributed by atoms with Crippen LogP contribution in [0.2, 0.25) is 0 Å². The van der Waals surface area contributed by atoms with Gasteiger partial charge in [-0.05, 0) is 64.3 Å². The maximum Gasteiger partial charge on any atom is 0.220 e. The Morgan fingerprint density at radius 2 is 1.81 bits per heavy atom. The lowest BCUT2D eigenvalue weighted by Crippen LogP contribution is -2.26. The van der Waals surface area contributed by atoms with E-state index in [-0.39, 0.29) is 5.91 Å². The third kappa shape index (κ3) is 6.67. The van der Waals surface area contributed by atoms with E-state index in [1.165, 1.54) is 11.1 Å². The van der Waals surface area contributed by atoms with Crippen molar-refractivity contribution in [2.75, 3.05) is 20.2 Å². The summed E-state index contributed by atoms with van der Waals surface area (Å²) >= 11 is 3.49. The Hall–Kier alpha value is -1.85. The fourth-order valence-corrected chi connectivity index (χ4v) is 3.57. The Balaban J connectivity index is 1.88. The summed E-state index contributed by atoms with van der Waals surface area (Å²) in [6.07, 6.45) is 1.17. The van der Waals surface area contributed by atoms with Gasteiger partial charge in [0.05, 0.1) is 11.6 Å². The highest BCUT2D eigenvalue weighted by atomic mass is 79.9. The molecule has 0 fully saturated rings. The molecule has 2 rings (SSSR count). The fraction of sp³-hybridized carbons (Fsp3) is 0.409. The zero-order valence-electron chi connectivity index (χ0n) is 16.4. The van der Waals surface area contributed by atoms with E-state index in [4.69, 9.17) is 4.74 Å². The number of hydrogen-bond donors (Lipinski definition) is 1. The predicted octanol–water partition coefficient (Wildman–Crippen LogP) is 4.55.